The number of ether oxygens (including phenoxy) is 1. The van der Waals surface area contributed by atoms with Crippen LogP contribution < -0.4 is 0 Å². The molecule has 0 spiro atoms. The molecule has 2 heteroatoms. The maximum absolute atomic E-state index is 9.87. The number of carbonyl (C=O) groups excluding carboxylic acids is 1. The first-order valence-corrected chi connectivity index (χ1v) is 4.49. The first-order valence-electron chi connectivity index (χ1n) is 4.49. The van der Waals surface area contributed by atoms with Crippen LogP contribution in [0.4, 0.5) is 0 Å². The molecule has 0 saturated heterocycles. The standard InChI is InChI=1S/C9H10O2.C2H6/c10-6-7-11-8-9-4-2-1-3-5-9;1-2/h1-6H,7-8H2;1-2H3. The first-order chi connectivity index (χ1) is 6.43. The normalized spacial score (nSPS) is 8.46. The van der Waals surface area contributed by atoms with Gasteiger partial charge in [0.2, 0.25) is 0 Å². The summed E-state index contributed by atoms with van der Waals surface area (Å²) in [5.74, 6) is 0. The summed E-state index contributed by atoms with van der Waals surface area (Å²) in [6.07, 6.45) is 0.753. The average molecular weight is 180 g/mol. The second-order valence-electron chi connectivity index (χ2n) is 2.17. The Morgan fingerprint density at radius 3 is 2.38 bits per heavy atom. The molecule has 1 rings (SSSR count). The summed E-state index contributed by atoms with van der Waals surface area (Å²) in [7, 11) is 0. The van der Waals surface area contributed by atoms with E-state index in [1.165, 1.54) is 0 Å². The van der Waals surface area contributed by atoms with E-state index in [0.29, 0.717) is 6.61 Å². The van der Waals surface area contributed by atoms with Gasteiger partial charge in [0, 0.05) is 0 Å². The van der Waals surface area contributed by atoms with Crippen molar-refractivity contribution < 1.29 is 9.53 Å². The minimum absolute atomic E-state index is 0.175. The van der Waals surface area contributed by atoms with Gasteiger partial charge >= 0.3 is 0 Å². The van der Waals surface area contributed by atoms with Gasteiger partial charge in [0.05, 0.1) is 6.61 Å². The first kappa shape index (κ1) is 11.8. The van der Waals surface area contributed by atoms with Gasteiger partial charge in [0.15, 0.2) is 0 Å². The Hall–Kier alpha value is -1.15. The van der Waals surface area contributed by atoms with Crippen LogP contribution in [0.2, 0.25) is 0 Å². The molecule has 0 N–H and O–H groups in total. The highest BCUT2D eigenvalue weighted by molar-refractivity contribution is 5.50. The minimum atomic E-state index is 0.175. The Balaban J connectivity index is 0.000000671. The maximum Gasteiger partial charge on any atom is 0.145 e. The van der Waals surface area contributed by atoms with Crippen LogP contribution in [0.25, 0.3) is 0 Å². The highest BCUT2D eigenvalue weighted by atomic mass is 16.5. The summed E-state index contributed by atoms with van der Waals surface area (Å²) in [5, 5.41) is 0. The third-order valence-electron chi connectivity index (χ3n) is 1.30. The maximum atomic E-state index is 9.87. The molecule has 0 aliphatic carbocycles. The molecule has 0 aliphatic heterocycles. The predicted octanol–water partition coefficient (Wildman–Crippen LogP) is 2.43. The average Bonchev–Trinajstić information content (AvgIpc) is 2.23. The number of carbonyl (C=O) groups is 1. The highest BCUT2D eigenvalue weighted by Gasteiger charge is 1.88. The van der Waals surface area contributed by atoms with Crippen LogP contribution in [0.15, 0.2) is 30.3 Å². The van der Waals surface area contributed by atoms with Gasteiger partial charge in [-0.15, -0.1) is 0 Å². The van der Waals surface area contributed by atoms with Crippen LogP contribution >= 0.6 is 0 Å². The van der Waals surface area contributed by atoms with Crippen LogP contribution in [0.3, 0.4) is 0 Å². The summed E-state index contributed by atoms with van der Waals surface area (Å²) in [6, 6.07) is 9.76. The largest absolute Gasteiger partial charge is 0.369 e. The molecule has 0 aliphatic rings. The van der Waals surface area contributed by atoms with Gasteiger partial charge in [0.1, 0.15) is 12.9 Å². The molecule has 0 aromatic heterocycles. The number of rotatable bonds is 4. The van der Waals surface area contributed by atoms with E-state index in [4.69, 9.17) is 4.74 Å². The van der Waals surface area contributed by atoms with Crippen LogP contribution in [-0.2, 0) is 16.1 Å². The van der Waals surface area contributed by atoms with Gasteiger partial charge < -0.3 is 9.53 Å². The van der Waals surface area contributed by atoms with E-state index in [2.05, 4.69) is 0 Å². The summed E-state index contributed by atoms with van der Waals surface area (Å²) in [5.41, 5.74) is 1.09. The highest BCUT2D eigenvalue weighted by Crippen LogP contribution is 1.99. The van der Waals surface area contributed by atoms with Crippen LogP contribution in [0.5, 0.6) is 0 Å². The van der Waals surface area contributed by atoms with Crippen molar-refractivity contribution in [1.29, 1.82) is 0 Å². The molecular weight excluding hydrogens is 164 g/mol. The molecule has 13 heavy (non-hydrogen) atoms. The van der Waals surface area contributed by atoms with Crippen molar-refractivity contribution in [2.45, 2.75) is 20.5 Å². The Bertz CT molecular complexity index is 207. The lowest BCUT2D eigenvalue weighted by Crippen LogP contribution is -1.95. The Kier molecular flexibility index (Phi) is 8.15. The zero-order valence-corrected chi connectivity index (χ0v) is 8.19. The molecule has 72 valence electrons. The van der Waals surface area contributed by atoms with E-state index >= 15 is 0 Å². The molecular formula is C11H16O2. The van der Waals surface area contributed by atoms with E-state index in [1.807, 2.05) is 44.2 Å². The molecule has 0 heterocycles. The Morgan fingerprint density at radius 1 is 1.23 bits per heavy atom. The van der Waals surface area contributed by atoms with Gasteiger partial charge in [-0.2, -0.15) is 0 Å². The number of aldehydes is 1. The van der Waals surface area contributed by atoms with Gasteiger partial charge in [-0.3, -0.25) is 0 Å². The topological polar surface area (TPSA) is 26.3 Å². The second-order valence-corrected chi connectivity index (χ2v) is 2.17. The molecule has 2 nitrogen and oxygen atoms in total. The lowest BCUT2D eigenvalue weighted by atomic mass is 10.2. The van der Waals surface area contributed by atoms with E-state index in [0.717, 1.165) is 11.8 Å². The van der Waals surface area contributed by atoms with E-state index in [9.17, 15) is 4.79 Å². The van der Waals surface area contributed by atoms with Crippen molar-refractivity contribution >= 4 is 6.29 Å². The molecule has 0 radical (unpaired) electrons. The van der Waals surface area contributed by atoms with E-state index in [1.54, 1.807) is 0 Å². The quantitative estimate of drug-likeness (QED) is 0.525. The van der Waals surface area contributed by atoms with E-state index in [-0.39, 0.29) is 6.61 Å². The fourth-order valence-electron chi connectivity index (χ4n) is 0.799. The molecule has 0 unspecified atom stereocenters. The molecule has 1 aromatic rings. The third-order valence-corrected chi connectivity index (χ3v) is 1.30. The molecule has 0 atom stereocenters. The van der Waals surface area contributed by atoms with Crippen molar-refractivity contribution in [3.05, 3.63) is 35.9 Å². The monoisotopic (exact) mass is 180 g/mol. The van der Waals surface area contributed by atoms with Gasteiger partial charge in [-0.25, -0.2) is 0 Å². The summed E-state index contributed by atoms with van der Waals surface area (Å²) in [6.45, 7) is 4.69. The molecule has 0 amide bonds. The predicted molar refractivity (Wildman–Crippen MR) is 53.5 cm³/mol. The smallest absolute Gasteiger partial charge is 0.145 e. The third kappa shape index (κ3) is 6.05. The van der Waals surface area contributed by atoms with Crippen molar-refractivity contribution in [2.24, 2.45) is 0 Å². The van der Waals surface area contributed by atoms with Gasteiger partial charge in [0.25, 0.3) is 0 Å². The SMILES string of the molecule is CC.O=CCOCc1ccccc1. The Labute approximate surface area is 79.5 Å². The van der Waals surface area contributed by atoms with Crippen molar-refractivity contribution in [2.75, 3.05) is 6.61 Å². The lowest BCUT2D eigenvalue weighted by molar-refractivity contribution is -0.112. The molecule has 1 aromatic carbocycles. The van der Waals surface area contributed by atoms with Crippen LogP contribution in [0, 0.1) is 0 Å². The zero-order valence-electron chi connectivity index (χ0n) is 8.19. The van der Waals surface area contributed by atoms with Gasteiger partial charge in [-0.1, -0.05) is 44.2 Å². The fourth-order valence-corrected chi connectivity index (χ4v) is 0.799. The number of hydrogen-bond acceptors (Lipinski definition) is 2. The summed E-state index contributed by atoms with van der Waals surface area (Å²) < 4.78 is 5.00. The molecule has 0 saturated carbocycles. The van der Waals surface area contributed by atoms with Crippen molar-refractivity contribution in [3.63, 3.8) is 0 Å². The number of benzene rings is 1. The summed E-state index contributed by atoms with van der Waals surface area (Å²) in [4.78, 5) is 9.87. The fraction of sp³-hybridized carbons (Fsp3) is 0.364. The van der Waals surface area contributed by atoms with Crippen LogP contribution in [-0.4, -0.2) is 12.9 Å². The zero-order chi connectivity index (χ0) is 9.94. The van der Waals surface area contributed by atoms with Crippen molar-refractivity contribution in [3.8, 4) is 0 Å². The van der Waals surface area contributed by atoms with Crippen LogP contribution in [0.1, 0.15) is 19.4 Å². The van der Waals surface area contributed by atoms with Gasteiger partial charge in [-0.05, 0) is 5.56 Å². The summed E-state index contributed by atoms with van der Waals surface area (Å²) >= 11 is 0. The van der Waals surface area contributed by atoms with E-state index < -0.39 is 0 Å². The molecule has 0 fully saturated rings. The minimum Gasteiger partial charge on any atom is -0.369 e. The second kappa shape index (κ2) is 8.94. The molecule has 0 bridgehead atoms. The Morgan fingerprint density at radius 2 is 1.85 bits per heavy atom. The van der Waals surface area contributed by atoms with Crippen molar-refractivity contribution in [1.82, 2.24) is 0 Å². The lowest BCUT2D eigenvalue weighted by Gasteiger charge is -1.98. The number of hydrogen-bond donors (Lipinski definition) is 0.